The number of hydrogen-bond acceptors (Lipinski definition) is 5. The molecule has 0 aliphatic carbocycles. The number of carbonyl (C=O) groups excluding carboxylic acids is 1. The van der Waals surface area contributed by atoms with Crippen LogP contribution in [0.4, 0.5) is 5.69 Å². The molecule has 1 aliphatic heterocycles. The Morgan fingerprint density at radius 3 is 2.39 bits per heavy atom. The first-order chi connectivity index (χ1) is 14.5. The lowest BCUT2D eigenvalue weighted by Gasteiger charge is -2.28. The van der Waals surface area contributed by atoms with E-state index in [2.05, 4.69) is 0 Å². The zero-order valence-electron chi connectivity index (χ0n) is 18.0. The van der Waals surface area contributed by atoms with E-state index in [1.165, 1.54) is 23.5 Å². The molecule has 2 aromatic carbocycles. The first kappa shape index (κ1) is 23.3. The number of amides is 1. The molecule has 1 fully saturated rings. The molecule has 2 aromatic rings. The molecule has 9 heteroatoms. The van der Waals surface area contributed by atoms with Gasteiger partial charge in [0.25, 0.3) is 15.9 Å². The molecule has 0 radical (unpaired) electrons. The normalized spacial score (nSPS) is 18.0. The van der Waals surface area contributed by atoms with Crippen molar-refractivity contribution in [1.29, 1.82) is 0 Å². The van der Waals surface area contributed by atoms with Crippen LogP contribution in [0.25, 0.3) is 0 Å². The van der Waals surface area contributed by atoms with E-state index >= 15 is 0 Å². The fraction of sp³-hybridized carbons (Fsp3) is 0.409. The SMILES string of the molecule is CCCN(C(=O)c1cccc(S(=O)(=O)N(C)c2ccc(C)cc2)c1)C1CCS(=O)(=O)C1. The summed E-state index contributed by atoms with van der Waals surface area (Å²) in [5.74, 6) is -0.327. The zero-order valence-corrected chi connectivity index (χ0v) is 19.6. The third-order valence-electron chi connectivity index (χ3n) is 5.51. The summed E-state index contributed by atoms with van der Waals surface area (Å²) in [7, 11) is -5.54. The van der Waals surface area contributed by atoms with Gasteiger partial charge < -0.3 is 4.90 Å². The first-order valence-corrected chi connectivity index (χ1v) is 13.5. The molecule has 0 bridgehead atoms. The van der Waals surface area contributed by atoms with Crippen LogP contribution in [0.5, 0.6) is 0 Å². The minimum atomic E-state index is -3.87. The Bertz CT molecular complexity index is 1160. The summed E-state index contributed by atoms with van der Waals surface area (Å²) in [6, 6.07) is 12.7. The van der Waals surface area contributed by atoms with Crippen LogP contribution < -0.4 is 4.31 Å². The van der Waals surface area contributed by atoms with Crippen molar-refractivity contribution in [2.45, 2.75) is 37.6 Å². The number of carbonyl (C=O) groups is 1. The maximum absolute atomic E-state index is 13.2. The van der Waals surface area contributed by atoms with Crippen LogP contribution in [-0.2, 0) is 19.9 Å². The number of benzene rings is 2. The number of sulfone groups is 1. The molecule has 7 nitrogen and oxygen atoms in total. The summed E-state index contributed by atoms with van der Waals surface area (Å²) in [5.41, 5.74) is 1.77. The summed E-state index contributed by atoms with van der Waals surface area (Å²) >= 11 is 0. The number of aryl methyl sites for hydroxylation is 1. The Hall–Kier alpha value is -2.39. The van der Waals surface area contributed by atoms with Gasteiger partial charge in [-0.05, 0) is 50.1 Å². The van der Waals surface area contributed by atoms with E-state index in [0.717, 1.165) is 5.56 Å². The highest BCUT2D eigenvalue weighted by Gasteiger charge is 2.35. The lowest BCUT2D eigenvalue weighted by atomic mass is 10.1. The fourth-order valence-electron chi connectivity index (χ4n) is 3.72. The lowest BCUT2D eigenvalue weighted by molar-refractivity contribution is 0.0697. The Morgan fingerprint density at radius 1 is 1.13 bits per heavy atom. The number of sulfonamides is 1. The van der Waals surface area contributed by atoms with Crippen molar-refractivity contribution in [2.75, 3.05) is 29.4 Å². The molecule has 1 atom stereocenters. The average molecular weight is 465 g/mol. The van der Waals surface area contributed by atoms with Crippen molar-refractivity contribution in [3.05, 3.63) is 59.7 Å². The topological polar surface area (TPSA) is 91.8 Å². The molecule has 0 saturated carbocycles. The van der Waals surface area contributed by atoms with Crippen molar-refractivity contribution >= 4 is 31.5 Å². The summed E-state index contributed by atoms with van der Waals surface area (Å²) in [4.78, 5) is 14.8. The largest absolute Gasteiger partial charge is 0.335 e. The van der Waals surface area contributed by atoms with Crippen molar-refractivity contribution in [3.63, 3.8) is 0 Å². The van der Waals surface area contributed by atoms with Gasteiger partial charge in [0, 0.05) is 25.2 Å². The van der Waals surface area contributed by atoms with Gasteiger partial charge in [0.15, 0.2) is 9.84 Å². The Morgan fingerprint density at radius 2 is 1.81 bits per heavy atom. The number of nitrogens with zero attached hydrogens (tertiary/aromatic N) is 2. The third-order valence-corrected chi connectivity index (χ3v) is 9.04. The van der Waals surface area contributed by atoms with Crippen molar-refractivity contribution in [3.8, 4) is 0 Å². The molecule has 1 aliphatic rings. The van der Waals surface area contributed by atoms with E-state index in [1.54, 1.807) is 29.2 Å². The predicted molar refractivity (Wildman–Crippen MR) is 122 cm³/mol. The van der Waals surface area contributed by atoms with E-state index in [4.69, 9.17) is 0 Å². The van der Waals surface area contributed by atoms with Gasteiger partial charge in [-0.15, -0.1) is 0 Å². The van der Waals surface area contributed by atoms with Crippen LogP contribution in [0.2, 0.25) is 0 Å². The van der Waals surface area contributed by atoms with E-state index in [1.807, 2.05) is 26.0 Å². The van der Waals surface area contributed by atoms with Crippen LogP contribution in [0.15, 0.2) is 53.4 Å². The van der Waals surface area contributed by atoms with Crippen molar-refractivity contribution < 1.29 is 21.6 Å². The second-order valence-corrected chi connectivity index (χ2v) is 12.1. The molecule has 0 aromatic heterocycles. The van der Waals surface area contributed by atoms with E-state index in [-0.39, 0.29) is 33.9 Å². The molecule has 0 N–H and O–H groups in total. The molecule has 168 valence electrons. The highest BCUT2D eigenvalue weighted by atomic mass is 32.2. The third kappa shape index (κ3) is 5.10. The molecule has 31 heavy (non-hydrogen) atoms. The number of anilines is 1. The van der Waals surface area contributed by atoms with Crippen LogP contribution in [0.1, 0.15) is 35.7 Å². The van der Waals surface area contributed by atoms with Gasteiger partial charge in [0.2, 0.25) is 0 Å². The van der Waals surface area contributed by atoms with Gasteiger partial charge >= 0.3 is 0 Å². The molecule has 1 saturated heterocycles. The fourth-order valence-corrected chi connectivity index (χ4v) is 6.69. The summed E-state index contributed by atoms with van der Waals surface area (Å²) < 4.78 is 51.3. The summed E-state index contributed by atoms with van der Waals surface area (Å²) in [5, 5.41) is 0. The van der Waals surface area contributed by atoms with E-state index in [0.29, 0.717) is 25.1 Å². The molecule has 0 spiro atoms. The van der Waals surface area contributed by atoms with Crippen molar-refractivity contribution in [2.24, 2.45) is 0 Å². The molecular formula is C22H28N2O5S2. The van der Waals surface area contributed by atoms with Gasteiger partial charge in [-0.2, -0.15) is 0 Å². The maximum Gasteiger partial charge on any atom is 0.264 e. The van der Waals surface area contributed by atoms with Gasteiger partial charge in [0.05, 0.1) is 22.1 Å². The summed E-state index contributed by atoms with van der Waals surface area (Å²) in [6.07, 6.45) is 1.08. The average Bonchev–Trinajstić information content (AvgIpc) is 3.11. The molecule has 3 rings (SSSR count). The Balaban J connectivity index is 1.90. The van der Waals surface area contributed by atoms with Gasteiger partial charge in [-0.3, -0.25) is 9.10 Å². The van der Waals surface area contributed by atoms with Crippen molar-refractivity contribution in [1.82, 2.24) is 4.90 Å². The monoisotopic (exact) mass is 464 g/mol. The molecular weight excluding hydrogens is 436 g/mol. The molecule has 1 amide bonds. The summed E-state index contributed by atoms with van der Waals surface area (Å²) in [6.45, 7) is 4.26. The number of rotatable bonds is 7. The smallest absolute Gasteiger partial charge is 0.264 e. The highest BCUT2D eigenvalue weighted by Crippen LogP contribution is 2.25. The van der Waals surface area contributed by atoms with Gasteiger partial charge in [-0.25, -0.2) is 16.8 Å². The van der Waals surface area contributed by atoms with Crippen LogP contribution in [0.3, 0.4) is 0 Å². The zero-order chi connectivity index (χ0) is 22.8. The van der Waals surface area contributed by atoms with Crippen LogP contribution >= 0.6 is 0 Å². The van der Waals surface area contributed by atoms with E-state index in [9.17, 15) is 21.6 Å². The van der Waals surface area contributed by atoms with Crippen LogP contribution in [-0.4, -0.2) is 58.8 Å². The molecule has 1 heterocycles. The van der Waals surface area contributed by atoms with Gasteiger partial charge in [0.1, 0.15) is 0 Å². The van der Waals surface area contributed by atoms with E-state index < -0.39 is 19.9 Å². The molecule has 1 unspecified atom stereocenters. The number of hydrogen-bond donors (Lipinski definition) is 0. The highest BCUT2D eigenvalue weighted by molar-refractivity contribution is 7.92. The van der Waals surface area contributed by atoms with Crippen LogP contribution in [0, 0.1) is 6.92 Å². The second kappa shape index (κ2) is 9.00. The predicted octanol–water partition coefficient (Wildman–Crippen LogP) is 2.86. The first-order valence-electron chi connectivity index (χ1n) is 10.2. The standard InChI is InChI=1S/C22H28N2O5S2/c1-4-13-24(20-12-14-30(26,27)16-20)22(25)18-6-5-7-21(15-18)31(28,29)23(3)19-10-8-17(2)9-11-19/h5-11,15,20H,4,12-14,16H2,1-3H3. The van der Waals surface area contributed by atoms with Gasteiger partial charge in [-0.1, -0.05) is 30.7 Å². The Labute approximate surface area is 184 Å². The lowest BCUT2D eigenvalue weighted by Crippen LogP contribution is -2.41. The Kier molecular flexibility index (Phi) is 6.76. The second-order valence-electron chi connectivity index (χ2n) is 7.89. The minimum Gasteiger partial charge on any atom is -0.335 e. The maximum atomic E-state index is 13.2. The quantitative estimate of drug-likeness (QED) is 0.628. The minimum absolute atomic E-state index is 0.0110.